The van der Waals surface area contributed by atoms with Crippen LogP contribution in [0.4, 0.5) is 0 Å². The first-order valence-corrected chi connectivity index (χ1v) is 6.70. The molecule has 0 heterocycles. The number of benzene rings is 1. The SMILES string of the molecule is CCNCCC=C(C)Cc1c(Cl)cccc1Cl. The molecule has 1 rings (SSSR count). The minimum absolute atomic E-state index is 0.747. The van der Waals surface area contributed by atoms with E-state index in [1.807, 2.05) is 18.2 Å². The molecule has 0 aliphatic rings. The van der Waals surface area contributed by atoms with E-state index in [1.54, 1.807) is 0 Å². The summed E-state index contributed by atoms with van der Waals surface area (Å²) >= 11 is 12.3. The summed E-state index contributed by atoms with van der Waals surface area (Å²) in [5.74, 6) is 0. The number of hydrogen-bond donors (Lipinski definition) is 1. The third-order valence-corrected chi connectivity index (χ3v) is 3.29. The van der Waals surface area contributed by atoms with Gasteiger partial charge in [0.15, 0.2) is 0 Å². The van der Waals surface area contributed by atoms with Crippen LogP contribution in [0.1, 0.15) is 25.8 Å². The second-order valence-electron chi connectivity index (χ2n) is 4.07. The van der Waals surface area contributed by atoms with Crippen LogP contribution in [-0.4, -0.2) is 13.1 Å². The predicted octanol–water partition coefficient (Wildman–Crippen LogP) is 4.48. The average molecular weight is 272 g/mol. The Morgan fingerprint density at radius 3 is 2.53 bits per heavy atom. The third-order valence-electron chi connectivity index (χ3n) is 2.58. The molecule has 0 spiro atoms. The number of halogens is 2. The molecule has 0 atom stereocenters. The fraction of sp³-hybridized carbons (Fsp3) is 0.429. The number of allylic oxidation sites excluding steroid dienone is 1. The highest BCUT2D eigenvalue weighted by molar-refractivity contribution is 6.36. The van der Waals surface area contributed by atoms with Crippen LogP contribution in [0.3, 0.4) is 0 Å². The van der Waals surface area contributed by atoms with Gasteiger partial charge in [-0.15, -0.1) is 0 Å². The minimum Gasteiger partial charge on any atom is -0.317 e. The Kier molecular flexibility index (Phi) is 6.64. The van der Waals surface area contributed by atoms with E-state index >= 15 is 0 Å². The monoisotopic (exact) mass is 271 g/mol. The molecule has 0 saturated heterocycles. The molecule has 3 heteroatoms. The summed E-state index contributed by atoms with van der Waals surface area (Å²) in [4.78, 5) is 0. The van der Waals surface area contributed by atoms with E-state index < -0.39 is 0 Å². The van der Waals surface area contributed by atoms with Crippen molar-refractivity contribution < 1.29 is 0 Å². The van der Waals surface area contributed by atoms with E-state index in [-0.39, 0.29) is 0 Å². The fourth-order valence-electron chi connectivity index (χ4n) is 1.65. The number of nitrogens with one attached hydrogen (secondary N) is 1. The molecule has 17 heavy (non-hydrogen) atoms. The van der Waals surface area contributed by atoms with E-state index in [0.717, 1.165) is 41.5 Å². The van der Waals surface area contributed by atoms with Crippen molar-refractivity contribution in [2.75, 3.05) is 13.1 Å². The van der Waals surface area contributed by atoms with Gasteiger partial charge in [-0.2, -0.15) is 0 Å². The van der Waals surface area contributed by atoms with Crippen molar-refractivity contribution >= 4 is 23.2 Å². The van der Waals surface area contributed by atoms with Crippen LogP contribution in [0.25, 0.3) is 0 Å². The lowest BCUT2D eigenvalue weighted by Gasteiger charge is -2.07. The lowest BCUT2D eigenvalue weighted by molar-refractivity contribution is 0.724. The highest BCUT2D eigenvalue weighted by Gasteiger charge is 2.05. The molecular formula is C14H19Cl2N. The van der Waals surface area contributed by atoms with Gasteiger partial charge >= 0.3 is 0 Å². The molecule has 0 unspecified atom stereocenters. The fourth-order valence-corrected chi connectivity index (χ4v) is 2.18. The molecule has 0 amide bonds. The Morgan fingerprint density at radius 2 is 1.94 bits per heavy atom. The van der Waals surface area contributed by atoms with Crippen LogP contribution in [-0.2, 0) is 6.42 Å². The maximum atomic E-state index is 6.13. The zero-order valence-corrected chi connectivity index (χ0v) is 11.9. The number of rotatable bonds is 6. The molecule has 1 aromatic carbocycles. The van der Waals surface area contributed by atoms with Gasteiger partial charge in [0.2, 0.25) is 0 Å². The van der Waals surface area contributed by atoms with Crippen molar-refractivity contribution in [2.24, 2.45) is 0 Å². The lowest BCUT2D eigenvalue weighted by Crippen LogP contribution is -2.13. The standard InChI is InChI=1S/C14H19Cl2N/c1-3-17-9-5-6-11(2)10-12-13(15)7-4-8-14(12)16/h4,6-8,17H,3,5,9-10H2,1-2H3. The van der Waals surface area contributed by atoms with Crippen molar-refractivity contribution in [3.8, 4) is 0 Å². The van der Waals surface area contributed by atoms with Gasteiger partial charge in [0.1, 0.15) is 0 Å². The Morgan fingerprint density at radius 1 is 1.29 bits per heavy atom. The topological polar surface area (TPSA) is 12.0 Å². The summed E-state index contributed by atoms with van der Waals surface area (Å²) in [6, 6.07) is 5.64. The first kappa shape index (κ1) is 14.6. The maximum absolute atomic E-state index is 6.13. The van der Waals surface area contributed by atoms with Gasteiger partial charge in [0.25, 0.3) is 0 Å². The maximum Gasteiger partial charge on any atom is 0.0456 e. The first-order valence-electron chi connectivity index (χ1n) is 5.94. The molecule has 1 aromatic rings. The average Bonchev–Trinajstić information content (AvgIpc) is 2.30. The predicted molar refractivity (Wildman–Crippen MR) is 77.1 cm³/mol. The van der Waals surface area contributed by atoms with E-state index in [4.69, 9.17) is 23.2 Å². The van der Waals surface area contributed by atoms with E-state index in [0.29, 0.717) is 0 Å². The van der Waals surface area contributed by atoms with Crippen LogP contribution < -0.4 is 5.32 Å². The molecule has 0 saturated carbocycles. The minimum atomic E-state index is 0.747. The van der Waals surface area contributed by atoms with Crippen LogP contribution >= 0.6 is 23.2 Å². The molecule has 0 aliphatic carbocycles. The molecule has 0 bridgehead atoms. The summed E-state index contributed by atoms with van der Waals surface area (Å²) in [5.41, 5.74) is 2.32. The Bertz CT molecular complexity index is 366. The summed E-state index contributed by atoms with van der Waals surface area (Å²) in [7, 11) is 0. The van der Waals surface area contributed by atoms with E-state index in [1.165, 1.54) is 5.57 Å². The molecule has 1 nitrogen and oxygen atoms in total. The second-order valence-corrected chi connectivity index (χ2v) is 4.88. The molecule has 94 valence electrons. The summed E-state index contributed by atoms with van der Waals surface area (Å²) in [6.45, 7) is 6.26. The van der Waals surface area contributed by atoms with Crippen molar-refractivity contribution in [1.29, 1.82) is 0 Å². The molecule has 0 aromatic heterocycles. The first-order chi connectivity index (χ1) is 8.15. The highest BCUT2D eigenvalue weighted by Crippen LogP contribution is 2.26. The Labute approximate surface area is 114 Å². The van der Waals surface area contributed by atoms with Gasteiger partial charge in [0.05, 0.1) is 0 Å². The normalized spacial score (nSPS) is 11.9. The molecule has 0 fully saturated rings. The van der Waals surface area contributed by atoms with Gasteiger partial charge < -0.3 is 5.32 Å². The van der Waals surface area contributed by atoms with Gasteiger partial charge in [-0.3, -0.25) is 0 Å². The van der Waals surface area contributed by atoms with Crippen LogP contribution in [0.15, 0.2) is 29.8 Å². The van der Waals surface area contributed by atoms with Gasteiger partial charge in [0, 0.05) is 10.0 Å². The van der Waals surface area contributed by atoms with E-state index in [2.05, 4.69) is 25.2 Å². The smallest absolute Gasteiger partial charge is 0.0456 e. The van der Waals surface area contributed by atoms with Gasteiger partial charge in [-0.05, 0) is 50.6 Å². The summed E-state index contributed by atoms with van der Waals surface area (Å²) in [5, 5.41) is 4.79. The van der Waals surface area contributed by atoms with Gasteiger partial charge in [-0.25, -0.2) is 0 Å². The Hall–Kier alpha value is -0.500. The Balaban J connectivity index is 2.58. The molecule has 1 N–H and O–H groups in total. The van der Waals surface area contributed by atoms with Gasteiger partial charge in [-0.1, -0.05) is 47.8 Å². The van der Waals surface area contributed by atoms with Crippen molar-refractivity contribution in [3.05, 3.63) is 45.5 Å². The molecular weight excluding hydrogens is 253 g/mol. The van der Waals surface area contributed by atoms with Crippen LogP contribution in [0, 0.1) is 0 Å². The lowest BCUT2D eigenvalue weighted by atomic mass is 10.1. The van der Waals surface area contributed by atoms with E-state index in [9.17, 15) is 0 Å². The summed E-state index contributed by atoms with van der Waals surface area (Å²) in [6.07, 6.45) is 4.11. The second kappa shape index (κ2) is 7.75. The number of hydrogen-bond acceptors (Lipinski definition) is 1. The van der Waals surface area contributed by atoms with Crippen molar-refractivity contribution in [1.82, 2.24) is 5.32 Å². The summed E-state index contributed by atoms with van der Waals surface area (Å²) < 4.78 is 0. The van der Waals surface area contributed by atoms with Crippen molar-refractivity contribution in [2.45, 2.75) is 26.7 Å². The zero-order chi connectivity index (χ0) is 12.7. The quantitative estimate of drug-likeness (QED) is 0.594. The highest BCUT2D eigenvalue weighted by atomic mass is 35.5. The largest absolute Gasteiger partial charge is 0.317 e. The van der Waals surface area contributed by atoms with Crippen molar-refractivity contribution in [3.63, 3.8) is 0 Å². The zero-order valence-electron chi connectivity index (χ0n) is 10.4. The molecule has 0 aliphatic heterocycles. The van der Waals surface area contributed by atoms with Crippen LogP contribution in [0.2, 0.25) is 10.0 Å². The molecule has 0 radical (unpaired) electrons. The van der Waals surface area contributed by atoms with Crippen LogP contribution in [0.5, 0.6) is 0 Å². The third kappa shape index (κ3) is 5.12.